The Balaban J connectivity index is 2.02. The van der Waals surface area contributed by atoms with Crippen molar-refractivity contribution < 1.29 is 9.53 Å². The minimum atomic E-state index is -0.414. The number of carbonyl (C=O) groups excluding carboxylic acids is 1. The Kier molecular flexibility index (Phi) is 5.68. The molecular weight excluding hydrogens is 280 g/mol. The number of carbonyl (C=O) groups is 1. The summed E-state index contributed by atoms with van der Waals surface area (Å²) in [5.74, 6) is -0.0808. The van der Waals surface area contributed by atoms with Crippen LogP contribution in [0.2, 0.25) is 0 Å². The molecule has 1 unspecified atom stereocenters. The Bertz CT molecular complexity index is 624. The highest BCUT2D eigenvalue weighted by atomic mass is 16.5. The minimum absolute atomic E-state index is 0.0808. The monoisotopic (exact) mass is 302 g/mol. The lowest BCUT2D eigenvalue weighted by molar-refractivity contribution is -0.123. The van der Waals surface area contributed by atoms with E-state index in [9.17, 15) is 4.79 Å². The number of ether oxygens (including phenoxy) is 1. The number of nitrogens with zero attached hydrogens (tertiary/aromatic N) is 2. The molecule has 1 heterocycles. The molecule has 6 nitrogen and oxygen atoms in total. The Morgan fingerprint density at radius 1 is 1.36 bits per heavy atom. The summed E-state index contributed by atoms with van der Waals surface area (Å²) >= 11 is 0. The van der Waals surface area contributed by atoms with Crippen molar-refractivity contribution in [2.45, 2.75) is 19.2 Å². The molecule has 6 heteroatoms. The lowest BCUT2D eigenvalue weighted by Gasteiger charge is -2.16. The lowest BCUT2D eigenvalue weighted by Crippen LogP contribution is -2.35. The number of rotatable bonds is 7. The molecule has 22 heavy (non-hydrogen) atoms. The second-order valence-corrected chi connectivity index (χ2v) is 5.09. The van der Waals surface area contributed by atoms with E-state index in [1.807, 2.05) is 37.5 Å². The van der Waals surface area contributed by atoms with Crippen molar-refractivity contribution in [3.8, 4) is 0 Å². The highest BCUT2D eigenvalue weighted by molar-refractivity contribution is 5.83. The van der Waals surface area contributed by atoms with Gasteiger partial charge in [-0.05, 0) is 18.2 Å². The van der Waals surface area contributed by atoms with Crippen LogP contribution in [0.3, 0.4) is 0 Å². The second-order valence-electron chi connectivity index (χ2n) is 5.09. The van der Waals surface area contributed by atoms with Crippen molar-refractivity contribution in [3.05, 3.63) is 53.3 Å². The average molecular weight is 302 g/mol. The van der Waals surface area contributed by atoms with Gasteiger partial charge in [0.05, 0.1) is 12.8 Å². The van der Waals surface area contributed by atoms with E-state index >= 15 is 0 Å². The highest BCUT2D eigenvalue weighted by Gasteiger charge is 2.19. The predicted octanol–water partition coefficient (Wildman–Crippen LogP) is 1.14. The number of aryl methyl sites for hydroxylation is 1. The number of benzene rings is 1. The Labute approximate surface area is 130 Å². The molecule has 0 aliphatic rings. The van der Waals surface area contributed by atoms with Crippen LogP contribution in [0.25, 0.3) is 0 Å². The SMILES string of the molecule is CNC(C(=O)NCc1ccccc1COC)c1cnn(C)c1. The quantitative estimate of drug-likeness (QED) is 0.805. The number of nitrogens with one attached hydrogen (secondary N) is 2. The largest absolute Gasteiger partial charge is 0.380 e. The highest BCUT2D eigenvalue weighted by Crippen LogP contribution is 2.13. The molecule has 0 bridgehead atoms. The van der Waals surface area contributed by atoms with Crippen molar-refractivity contribution in [3.63, 3.8) is 0 Å². The van der Waals surface area contributed by atoms with Gasteiger partial charge < -0.3 is 15.4 Å². The van der Waals surface area contributed by atoms with Gasteiger partial charge in [0.2, 0.25) is 5.91 Å². The van der Waals surface area contributed by atoms with Gasteiger partial charge in [0, 0.05) is 32.5 Å². The summed E-state index contributed by atoms with van der Waals surface area (Å²) in [6.07, 6.45) is 3.53. The van der Waals surface area contributed by atoms with Crippen LogP contribution in [0, 0.1) is 0 Å². The molecule has 0 spiro atoms. The van der Waals surface area contributed by atoms with Crippen LogP contribution in [0.5, 0.6) is 0 Å². The maximum Gasteiger partial charge on any atom is 0.242 e. The van der Waals surface area contributed by atoms with Gasteiger partial charge in [0.1, 0.15) is 6.04 Å². The van der Waals surface area contributed by atoms with E-state index in [0.717, 1.165) is 16.7 Å². The lowest BCUT2D eigenvalue weighted by atomic mass is 10.1. The van der Waals surface area contributed by atoms with Crippen molar-refractivity contribution in [1.29, 1.82) is 0 Å². The second kappa shape index (κ2) is 7.72. The number of hydrogen-bond donors (Lipinski definition) is 2. The molecule has 0 radical (unpaired) electrons. The third kappa shape index (κ3) is 3.93. The summed E-state index contributed by atoms with van der Waals surface area (Å²) in [6.45, 7) is 1.00. The first-order valence-electron chi connectivity index (χ1n) is 7.15. The fourth-order valence-corrected chi connectivity index (χ4v) is 2.35. The van der Waals surface area contributed by atoms with E-state index < -0.39 is 6.04 Å². The summed E-state index contributed by atoms with van der Waals surface area (Å²) in [5.41, 5.74) is 2.97. The van der Waals surface area contributed by atoms with Crippen LogP contribution in [-0.4, -0.2) is 29.8 Å². The van der Waals surface area contributed by atoms with E-state index in [4.69, 9.17) is 4.74 Å². The van der Waals surface area contributed by atoms with Crippen molar-refractivity contribution in [2.24, 2.45) is 7.05 Å². The topological polar surface area (TPSA) is 68.2 Å². The van der Waals surface area contributed by atoms with E-state index in [1.54, 1.807) is 25.0 Å². The van der Waals surface area contributed by atoms with Gasteiger partial charge in [-0.1, -0.05) is 24.3 Å². The van der Waals surface area contributed by atoms with Gasteiger partial charge in [-0.3, -0.25) is 9.48 Å². The van der Waals surface area contributed by atoms with Crippen molar-refractivity contribution in [1.82, 2.24) is 20.4 Å². The number of amides is 1. The maximum absolute atomic E-state index is 12.4. The summed E-state index contributed by atoms with van der Waals surface area (Å²) in [5, 5.41) is 10.1. The number of aromatic nitrogens is 2. The zero-order chi connectivity index (χ0) is 15.9. The van der Waals surface area contributed by atoms with E-state index in [2.05, 4.69) is 15.7 Å². The van der Waals surface area contributed by atoms with E-state index in [-0.39, 0.29) is 5.91 Å². The van der Waals surface area contributed by atoms with Gasteiger partial charge in [-0.2, -0.15) is 5.10 Å². The predicted molar refractivity (Wildman–Crippen MR) is 84.0 cm³/mol. The standard InChI is InChI=1S/C16H22N4O2/c1-17-15(14-9-19-20(2)10-14)16(21)18-8-12-6-4-5-7-13(12)11-22-3/h4-7,9-10,15,17H,8,11H2,1-3H3,(H,18,21). The van der Waals surface area contributed by atoms with Gasteiger partial charge in [0.25, 0.3) is 0 Å². The molecule has 1 aromatic heterocycles. The van der Waals surface area contributed by atoms with Crippen LogP contribution >= 0.6 is 0 Å². The maximum atomic E-state index is 12.4. The minimum Gasteiger partial charge on any atom is -0.380 e. The molecule has 0 fully saturated rings. The van der Waals surface area contributed by atoms with Gasteiger partial charge in [0.15, 0.2) is 0 Å². The third-order valence-corrected chi connectivity index (χ3v) is 3.48. The zero-order valence-electron chi connectivity index (χ0n) is 13.2. The number of methoxy groups -OCH3 is 1. The number of likely N-dealkylation sites (N-methyl/N-ethyl adjacent to an activating group) is 1. The molecule has 118 valence electrons. The molecule has 0 saturated heterocycles. The van der Waals surface area contributed by atoms with Crippen LogP contribution in [-0.2, 0) is 29.7 Å². The number of hydrogen-bond acceptors (Lipinski definition) is 4. The van der Waals surface area contributed by atoms with Gasteiger partial charge in [-0.25, -0.2) is 0 Å². The van der Waals surface area contributed by atoms with Gasteiger partial charge in [-0.15, -0.1) is 0 Å². The van der Waals surface area contributed by atoms with Crippen LogP contribution in [0.4, 0.5) is 0 Å². The molecule has 0 aliphatic heterocycles. The van der Waals surface area contributed by atoms with Crippen LogP contribution < -0.4 is 10.6 Å². The summed E-state index contributed by atoms with van der Waals surface area (Å²) in [4.78, 5) is 12.4. The molecule has 1 atom stereocenters. The molecular formula is C16H22N4O2. The molecule has 0 aliphatic carbocycles. The summed E-state index contributed by atoms with van der Waals surface area (Å²) in [6, 6.07) is 7.50. The summed E-state index contributed by atoms with van der Waals surface area (Å²) < 4.78 is 6.86. The smallest absolute Gasteiger partial charge is 0.242 e. The van der Waals surface area contributed by atoms with E-state index in [1.165, 1.54) is 0 Å². The first-order chi connectivity index (χ1) is 10.7. The Morgan fingerprint density at radius 3 is 2.68 bits per heavy atom. The average Bonchev–Trinajstić information content (AvgIpc) is 2.94. The summed E-state index contributed by atoms with van der Waals surface area (Å²) in [7, 11) is 5.25. The molecule has 2 N–H and O–H groups in total. The van der Waals surface area contributed by atoms with Crippen molar-refractivity contribution >= 4 is 5.91 Å². The molecule has 1 aromatic carbocycles. The molecule has 1 amide bonds. The zero-order valence-corrected chi connectivity index (χ0v) is 13.2. The fourth-order valence-electron chi connectivity index (χ4n) is 2.35. The van der Waals surface area contributed by atoms with Crippen LogP contribution in [0.1, 0.15) is 22.7 Å². The first-order valence-corrected chi connectivity index (χ1v) is 7.15. The third-order valence-electron chi connectivity index (χ3n) is 3.48. The normalized spacial score (nSPS) is 12.1. The van der Waals surface area contributed by atoms with E-state index in [0.29, 0.717) is 13.2 Å². The Hall–Kier alpha value is -2.18. The fraction of sp³-hybridized carbons (Fsp3) is 0.375. The van der Waals surface area contributed by atoms with Gasteiger partial charge >= 0.3 is 0 Å². The van der Waals surface area contributed by atoms with Crippen LogP contribution in [0.15, 0.2) is 36.7 Å². The first kappa shape index (κ1) is 16.2. The molecule has 2 rings (SSSR count). The molecule has 0 saturated carbocycles. The van der Waals surface area contributed by atoms with Crippen molar-refractivity contribution in [2.75, 3.05) is 14.2 Å². The molecule has 2 aromatic rings. The Morgan fingerprint density at radius 2 is 2.09 bits per heavy atom.